The number of amides is 3. The van der Waals surface area contributed by atoms with Gasteiger partial charge >= 0.3 is 0 Å². The van der Waals surface area contributed by atoms with E-state index in [-0.39, 0.29) is 23.6 Å². The highest BCUT2D eigenvalue weighted by molar-refractivity contribution is 5.97. The summed E-state index contributed by atoms with van der Waals surface area (Å²) in [5.41, 5.74) is 6.46. The van der Waals surface area contributed by atoms with Crippen molar-refractivity contribution in [2.75, 3.05) is 52.4 Å². The second kappa shape index (κ2) is 13.3. The molecular weight excluding hydrogens is 588 g/mol. The van der Waals surface area contributed by atoms with Gasteiger partial charge in [0.2, 0.25) is 11.8 Å². The number of likely N-dealkylation sites (tertiary alicyclic amines) is 2. The summed E-state index contributed by atoms with van der Waals surface area (Å²) in [5.74, 6) is 0.438. The zero-order valence-electron chi connectivity index (χ0n) is 27.5. The Morgan fingerprint density at radius 3 is 2.09 bits per heavy atom. The van der Waals surface area contributed by atoms with Gasteiger partial charge in [0.1, 0.15) is 0 Å². The molecule has 0 radical (unpaired) electrons. The first-order valence-electron chi connectivity index (χ1n) is 17.1. The number of rotatable bonds is 5. The SMILES string of the molecule is CC(=O)N1CCC(C(=O)N2CCC(N3CCN(C(=O)c4cc(-c5cccc(C)c5)nc(-c5ccc6[nH]ccc6c5)c4)CC3)CC2)CC1. The average molecular weight is 633 g/mol. The molecule has 2 aromatic heterocycles. The molecule has 9 nitrogen and oxygen atoms in total. The number of piperidine rings is 2. The number of nitrogens with one attached hydrogen (secondary N) is 1. The first-order valence-corrected chi connectivity index (χ1v) is 17.1. The maximum absolute atomic E-state index is 14.0. The van der Waals surface area contributed by atoms with Gasteiger partial charge in [0.25, 0.3) is 5.91 Å². The Labute approximate surface area is 276 Å². The van der Waals surface area contributed by atoms with E-state index in [1.54, 1.807) is 6.92 Å². The molecule has 0 atom stereocenters. The highest BCUT2D eigenvalue weighted by Crippen LogP contribution is 2.29. The van der Waals surface area contributed by atoms with Gasteiger partial charge in [-0.2, -0.15) is 0 Å². The van der Waals surface area contributed by atoms with E-state index >= 15 is 0 Å². The predicted octanol–water partition coefficient (Wildman–Crippen LogP) is 5.21. The minimum absolute atomic E-state index is 0.0355. The van der Waals surface area contributed by atoms with Crippen molar-refractivity contribution in [1.29, 1.82) is 0 Å². The van der Waals surface area contributed by atoms with Gasteiger partial charge in [-0.1, -0.05) is 29.8 Å². The number of hydrogen-bond donors (Lipinski definition) is 1. The van der Waals surface area contributed by atoms with Crippen molar-refractivity contribution >= 4 is 28.6 Å². The maximum atomic E-state index is 14.0. The topological polar surface area (TPSA) is 92.9 Å². The lowest BCUT2D eigenvalue weighted by atomic mass is 9.93. The predicted molar refractivity (Wildman–Crippen MR) is 184 cm³/mol. The van der Waals surface area contributed by atoms with E-state index < -0.39 is 0 Å². The zero-order chi connectivity index (χ0) is 32.5. The number of piperazine rings is 1. The van der Waals surface area contributed by atoms with Gasteiger partial charge in [-0.3, -0.25) is 19.3 Å². The number of nitrogens with zero attached hydrogens (tertiary/aromatic N) is 5. The van der Waals surface area contributed by atoms with Crippen molar-refractivity contribution < 1.29 is 14.4 Å². The summed E-state index contributed by atoms with van der Waals surface area (Å²) in [5, 5.41) is 1.11. The van der Waals surface area contributed by atoms with Gasteiger partial charge in [0.05, 0.1) is 11.4 Å². The van der Waals surface area contributed by atoms with Gasteiger partial charge in [0.15, 0.2) is 0 Å². The number of pyridine rings is 1. The molecule has 3 aliphatic heterocycles. The standard InChI is InChI=1S/C38H44N6O3/c1-26-4-3-5-29(22-26)35-24-32(25-36(40-35)30-6-7-34-31(23-30)8-13-39-34)38(47)44-20-18-42(19-21-44)33-11-16-43(17-12-33)37(46)28-9-14-41(15-10-28)27(2)45/h3-8,13,22-25,28,33,39H,9-12,14-21H2,1-2H3. The third-order valence-electron chi connectivity index (χ3n) is 10.4. The fraction of sp³-hybridized carbons (Fsp3) is 0.421. The van der Waals surface area contributed by atoms with Crippen LogP contribution in [-0.4, -0.2) is 106 Å². The number of hydrogen-bond acceptors (Lipinski definition) is 5. The van der Waals surface area contributed by atoms with E-state index in [9.17, 15) is 14.4 Å². The van der Waals surface area contributed by atoms with Crippen molar-refractivity contribution in [3.63, 3.8) is 0 Å². The summed E-state index contributed by atoms with van der Waals surface area (Å²) in [6, 6.07) is 20.9. The molecule has 0 bridgehead atoms. The second-order valence-corrected chi connectivity index (χ2v) is 13.4. The van der Waals surface area contributed by atoms with Crippen molar-refractivity contribution in [3.05, 3.63) is 78.0 Å². The quantitative estimate of drug-likeness (QED) is 0.326. The smallest absolute Gasteiger partial charge is 0.254 e. The monoisotopic (exact) mass is 632 g/mol. The molecule has 0 aliphatic carbocycles. The summed E-state index contributed by atoms with van der Waals surface area (Å²) < 4.78 is 0. The lowest BCUT2D eigenvalue weighted by molar-refractivity contribution is -0.141. The molecule has 5 heterocycles. The molecule has 0 saturated carbocycles. The maximum Gasteiger partial charge on any atom is 0.254 e. The molecule has 47 heavy (non-hydrogen) atoms. The number of aromatic nitrogens is 2. The van der Waals surface area contributed by atoms with E-state index in [0.717, 1.165) is 90.8 Å². The van der Waals surface area contributed by atoms with Crippen LogP contribution in [0, 0.1) is 12.8 Å². The molecule has 0 unspecified atom stereocenters. The van der Waals surface area contributed by atoms with Gasteiger partial charge in [-0.25, -0.2) is 4.98 Å². The summed E-state index contributed by atoms with van der Waals surface area (Å²) in [6.45, 7) is 9.64. The number of benzene rings is 2. The minimum Gasteiger partial charge on any atom is -0.361 e. The van der Waals surface area contributed by atoms with Crippen molar-refractivity contribution in [2.45, 2.75) is 45.6 Å². The molecule has 4 aromatic rings. The first kappa shape index (κ1) is 31.1. The van der Waals surface area contributed by atoms with E-state index in [0.29, 0.717) is 37.8 Å². The Hall–Kier alpha value is -4.50. The Morgan fingerprint density at radius 2 is 1.40 bits per heavy atom. The molecular formula is C38H44N6O3. The van der Waals surface area contributed by atoms with Crippen LogP contribution in [0.4, 0.5) is 0 Å². The van der Waals surface area contributed by atoms with E-state index in [1.807, 2.05) is 39.1 Å². The van der Waals surface area contributed by atoms with Crippen LogP contribution in [0.5, 0.6) is 0 Å². The number of aromatic amines is 1. The van der Waals surface area contributed by atoms with Crippen LogP contribution in [0.25, 0.3) is 33.4 Å². The van der Waals surface area contributed by atoms with Crippen LogP contribution in [0.2, 0.25) is 0 Å². The second-order valence-electron chi connectivity index (χ2n) is 13.4. The van der Waals surface area contributed by atoms with Crippen LogP contribution >= 0.6 is 0 Å². The van der Waals surface area contributed by atoms with Crippen LogP contribution in [0.3, 0.4) is 0 Å². The molecule has 0 spiro atoms. The first-order chi connectivity index (χ1) is 22.8. The Bertz CT molecular complexity index is 1770. The molecule has 3 aliphatic rings. The van der Waals surface area contributed by atoms with Crippen molar-refractivity contribution in [1.82, 2.24) is 29.6 Å². The molecule has 7 rings (SSSR count). The van der Waals surface area contributed by atoms with E-state index in [2.05, 4.69) is 59.3 Å². The normalized spacial score (nSPS) is 18.6. The number of carbonyl (C=O) groups is 3. The van der Waals surface area contributed by atoms with E-state index in [1.165, 1.54) is 0 Å². The Morgan fingerprint density at radius 1 is 0.723 bits per heavy atom. The van der Waals surface area contributed by atoms with Gasteiger partial charge < -0.3 is 19.7 Å². The van der Waals surface area contributed by atoms with Gasteiger partial charge in [-0.05, 0) is 69.0 Å². The molecule has 3 saturated heterocycles. The van der Waals surface area contributed by atoms with E-state index in [4.69, 9.17) is 4.98 Å². The number of carbonyl (C=O) groups excluding carboxylic acids is 3. The van der Waals surface area contributed by atoms with Crippen LogP contribution in [0.1, 0.15) is 48.5 Å². The highest BCUT2D eigenvalue weighted by Gasteiger charge is 2.34. The van der Waals surface area contributed by atoms with Crippen molar-refractivity contribution in [2.24, 2.45) is 5.92 Å². The van der Waals surface area contributed by atoms with Crippen LogP contribution in [-0.2, 0) is 9.59 Å². The minimum atomic E-state index is 0.0355. The largest absolute Gasteiger partial charge is 0.361 e. The van der Waals surface area contributed by atoms with Gasteiger partial charge in [-0.15, -0.1) is 0 Å². The van der Waals surface area contributed by atoms with Crippen LogP contribution < -0.4 is 0 Å². The molecule has 3 amide bonds. The Balaban J connectivity index is 0.998. The molecule has 244 valence electrons. The van der Waals surface area contributed by atoms with Crippen LogP contribution in [0.15, 0.2) is 66.9 Å². The van der Waals surface area contributed by atoms with Gasteiger partial charge in [0, 0.05) is 105 Å². The fourth-order valence-corrected chi connectivity index (χ4v) is 7.59. The summed E-state index contributed by atoms with van der Waals surface area (Å²) in [7, 11) is 0. The number of aryl methyl sites for hydroxylation is 1. The number of H-pyrrole nitrogens is 1. The zero-order valence-corrected chi connectivity index (χ0v) is 27.5. The average Bonchev–Trinajstić information content (AvgIpc) is 3.59. The lowest BCUT2D eigenvalue weighted by Gasteiger charge is -2.43. The summed E-state index contributed by atoms with van der Waals surface area (Å²) in [6.07, 6.45) is 5.39. The third kappa shape index (κ3) is 6.67. The number of fused-ring (bicyclic) bond motifs is 1. The summed E-state index contributed by atoms with van der Waals surface area (Å²) in [4.78, 5) is 55.6. The molecule has 2 aromatic carbocycles. The highest BCUT2D eigenvalue weighted by atomic mass is 16.2. The third-order valence-corrected chi connectivity index (χ3v) is 10.4. The Kier molecular flexibility index (Phi) is 8.82. The summed E-state index contributed by atoms with van der Waals surface area (Å²) >= 11 is 0. The molecule has 3 fully saturated rings. The lowest BCUT2D eigenvalue weighted by Crippen LogP contribution is -2.55. The molecule has 9 heteroatoms. The fourth-order valence-electron chi connectivity index (χ4n) is 7.59. The molecule has 1 N–H and O–H groups in total. The van der Waals surface area contributed by atoms with Crippen molar-refractivity contribution in [3.8, 4) is 22.5 Å².